The third-order valence-electron chi connectivity index (χ3n) is 2.55. The molecule has 0 atom stereocenters. The van der Waals surface area contributed by atoms with Crippen molar-refractivity contribution in [1.29, 1.82) is 0 Å². The number of halogens is 2. The van der Waals surface area contributed by atoms with Crippen LogP contribution in [0, 0.1) is 25.1 Å². The molecular weight excluding hydrogens is 235 g/mol. The highest BCUT2D eigenvalue weighted by atomic mass is 35.5. The van der Waals surface area contributed by atoms with Crippen molar-refractivity contribution >= 4 is 11.6 Å². The van der Waals surface area contributed by atoms with Crippen LogP contribution in [0.5, 0.6) is 0 Å². The molecule has 0 saturated carbocycles. The Bertz CT molecular complexity index is 609. The molecule has 0 aliphatic heterocycles. The predicted octanol–water partition coefficient (Wildman–Crippen LogP) is 4.44. The summed E-state index contributed by atoms with van der Waals surface area (Å²) in [5.74, 6) is 2.26. The Morgan fingerprint density at radius 3 is 2.59 bits per heavy atom. The maximum atomic E-state index is 13.3. The molecule has 0 amide bonds. The van der Waals surface area contributed by atoms with E-state index in [9.17, 15) is 4.39 Å². The minimum Gasteiger partial charge on any atom is -0.207 e. The van der Waals surface area contributed by atoms with E-state index in [1.54, 1.807) is 0 Å². The third-order valence-corrected chi connectivity index (χ3v) is 2.88. The summed E-state index contributed by atoms with van der Waals surface area (Å²) in [5.41, 5.74) is 3.18. The number of hydrogen-bond donors (Lipinski definition) is 0. The molecule has 84 valence electrons. The zero-order chi connectivity index (χ0) is 12.4. The Balaban J connectivity index is 2.72. The molecule has 0 heterocycles. The van der Waals surface area contributed by atoms with E-state index in [0.29, 0.717) is 16.1 Å². The normalized spacial score (nSPS) is 10.0. The first-order chi connectivity index (χ1) is 8.11. The fourth-order valence-electron chi connectivity index (χ4n) is 1.71. The van der Waals surface area contributed by atoms with E-state index in [0.717, 1.165) is 11.1 Å². The van der Waals surface area contributed by atoms with Gasteiger partial charge in [-0.2, -0.15) is 0 Å². The highest BCUT2D eigenvalue weighted by molar-refractivity contribution is 6.33. The molecule has 2 heteroatoms. The number of benzene rings is 2. The average molecular weight is 245 g/mol. The fourth-order valence-corrected chi connectivity index (χ4v) is 1.93. The van der Waals surface area contributed by atoms with Crippen molar-refractivity contribution in [2.24, 2.45) is 0 Å². The lowest BCUT2D eigenvalue weighted by Gasteiger charge is -2.08. The van der Waals surface area contributed by atoms with Gasteiger partial charge in [0.15, 0.2) is 0 Å². The van der Waals surface area contributed by atoms with Gasteiger partial charge >= 0.3 is 0 Å². The molecule has 2 rings (SSSR count). The second kappa shape index (κ2) is 4.61. The first kappa shape index (κ1) is 11.7. The SMILES string of the molecule is C#Cc1ccc(C)cc1-c1cc(F)ccc1Cl. The summed E-state index contributed by atoms with van der Waals surface area (Å²) in [6.07, 6.45) is 5.44. The van der Waals surface area contributed by atoms with Gasteiger partial charge in [-0.25, -0.2) is 4.39 Å². The second-order valence-corrected chi connectivity index (χ2v) is 4.22. The van der Waals surface area contributed by atoms with E-state index in [4.69, 9.17) is 18.0 Å². The van der Waals surface area contributed by atoms with Crippen LogP contribution in [0.4, 0.5) is 4.39 Å². The quantitative estimate of drug-likeness (QED) is 0.651. The van der Waals surface area contributed by atoms with Gasteiger partial charge in [-0.1, -0.05) is 35.2 Å². The summed E-state index contributed by atoms with van der Waals surface area (Å²) < 4.78 is 13.3. The van der Waals surface area contributed by atoms with Gasteiger partial charge < -0.3 is 0 Å². The monoisotopic (exact) mass is 244 g/mol. The maximum Gasteiger partial charge on any atom is 0.123 e. The molecule has 0 N–H and O–H groups in total. The molecule has 0 nitrogen and oxygen atoms in total. The minimum absolute atomic E-state index is 0.325. The van der Waals surface area contributed by atoms with Gasteiger partial charge in [0.05, 0.1) is 0 Å². The van der Waals surface area contributed by atoms with Crippen molar-refractivity contribution in [3.63, 3.8) is 0 Å². The Morgan fingerprint density at radius 1 is 1.12 bits per heavy atom. The van der Waals surface area contributed by atoms with Crippen LogP contribution in [0.25, 0.3) is 11.1 Å². The van der Waals surface area contributed by atoms with Gasteiger partial charge in [0.2, 0.25) is 0 Å². The zero-order valence-corrected chi connectivity index (χ0v) is 10.1. The molecule has 0 aliphatic rings. The number of aryl methyl sites for hydroxylation is 1. The van der Waals surface area contributed by atoms with Crippen molar-refractivity contribution in [3.05, 3.63) is 58.4 Å². The minimum atomic E-state index is -0.325. The first-order valence-corrected chi connectivity index (χ1v) is 5.52. The van der Waals surface area contributed by atoms with Gasteiger partial charge in [0.1, 0.15) is 5.82 Å². The average Bonchev–Trinajstić information content (AvgIpc) is 2.32. The summed E-state index contributed by atoms with van der Waals surface area (Å²) in [7, 11) is 0. The van der Waals surface area contributed by atoms with Gasteiger partial charge in [-0.05, 0) is 36.8 Å². The molecule has 0 fully saturated rings. The highest BCUT2D eigenvalue weighted by Gasteiger charge is 2.09. The van der Waals surface area contributed by atoms with E-state index < -0.39 is 0 Å². The molecule has 0 unspecified atom stereocenters. The standard InChI is InChI=1S/C15H10ClF/c1-3-11-5-4-10(2)8-13(11)14-9-12(17)6-7-15(14)16/h1,4-9H,2H3. The number of hydrogen-bond acceptors (Lipinski definition) is 0. The lowest BCUT2D eigenvalue weighted by molar-refractivity contribution is 0.628. The summed E-state index contributed by atoms with van der Waals surface area (Å²) in [5, 5.41) is 0.494. The number of rotatable bonds is 1. The van der Waals surface area contributed by atoms with Crippen molar-refractivity contribution in [1.82, 2.24) is 0 Å². The van der Waals surface area contributed by atoms with Crippen LogP contribution in [0.1, 0.15) is 11.1 Å². The molecule has 2 aromatic carbocycles. The summed E-state index contributed by atoms with van der Waals surface area (Å²) in [6, 6.07) is 9.94. The molecule has 0 saturated heterocycles. The molecule has 0 aromatic heterocycles. The van der Waals surface area contributed by atoms with E-state index in [2.05, 4.69) is 5.92 Å². The van der Waals surface area contributed by atoms with Crippen LogP contribution in [0.3, 0.4) is 0 Å². The van der Waals surface area contributed by atoms with Gasteiger partial charge in [-0.15, -0.1) is 6.42 Å². The highest BCUT2D eigenvalue weighted by Crippen LogP contribution is 2.31. The summed E-state index contributed by atoms with van der Waals surface area (Å²) in [6.45, 7) is 1.96. The van der Waals surface area contributed by atoms with Crippen molar-refractivity contribution in [3.8, 4) is 23.5 Å². The predicted molar refractivity (Wildman–Crippen MR) is 69.5 cm³/mol. The van der Waals surface area contributed by atoms with Crippen LogP contribution >= 0.6 is 11.6 Å². The Labute approximate surface area is 105 Å². The molecule has 17 heavy (non-hydrogen) atoms. The summed E-state index contributed by atoms with van der Waals surface area (Å²) in [4.78, 5) is 0. The zero-order valence-electron chi connectivity index (χ0n) is 9.30. The molecule has 0 spiro atoms. The van der Waals surface area contributed by atoms with Gasteiger partial charge in [0, 0.05) is 16.1 Å². The lowest BCUT2D eigenvalue weighted by Crippen LogP contribution is -1.88. The second-order valence-electron chi connectivity index (χ2n) is 3.82. The Kier molecular flexibility index (Phi) is 3.17. The fraction of sp³-hybridized carbons (Fsp3) is 0.0667. The van der Waals surface area contributed by atoms with E-state index in [1.807, 2.05) is 25.1 Å². The van der Waals surface area contributed by atoms with Crippen LogP contribution in [0.15, 0.2) is 36.4 Å². The largest absolute Gasteiger partial charge is 0.207 e. The van der Waals surface area contributed by atoms with Gasteiger partial charge in [0.25, 0.3) is 0 Å². The van der Waals surface area contributed by atoms with Crippen LogP contribution in [-0.4, -0.2) is 0 Å². The molecule has 0 bridgehead atoms. The molecular formula is C15H10ClF. The lowest BCUT2D eigenvalue weighted by atomic mass is 9.98. The smallest absolute Gasteiger partial charge is 0.123 e. The maximum absolute atomic E-state index is 13.3. The van der Waals surface area contributed by atoms with Crippen LogP contribution in [-0.2, 0) is 0 Å². The Hall–Kier alpha value is -1.78. The van der Waals surface area contributed by atoms with Crippen LogP contribution in [0.2, 0.25) is 5.02 Å². The van der Waals surface area contributed by atoms with Crippen LogP contribution < -0.4 is 0 Å². The molecule has 2 aromatic rings. The first-order valence-electron chi connectivity index (χ1n) is 5.14. The van der Waals surface area contributed by atoms with Gasteiger partial charge in [-0.3, -0.25) is 0 Å². The van der Waals surface area contributed by atoms with E-state index >= 15 is 0 Å². The topological polar surface area (TPSA) is 0 Å². The van der Waals surface area contributed by atoms with Crippen molar-refractivity contribution in [2.45, 2.75) is 6.92 Å². The molecule has 0 radical (unpaired) electrons. The molecule has 0 aliphatic carbocycles. The van der Waals surface area contributed by atoms with E-state index in [-0.39, 0.29) is 5.82 Å². The van der Waals surface area contributed by atoms with Crippen molar-refractivity contribution in [2.75, 3.05) is 0 Å². The van der Waals surface area contributed by atoms with E-state index in [1.165, 1.54) is 18.2 Å². The van der Waals surface area contributed by atoms with Crippen molar-refractivity contribution < 1.29 is 4.39 Å². The third kappa shape index (κ3) is 2.33. The summed E-state index contributed by atoms with van der Waals surface area (Å²) >= 11 is 6.08. The Morgan fingerprint density at radius 2 is 1.88 bits per heavy atom. The number of terminal acetylenes is 1.